The molecule has 2 atom stereocenters. The molecule has 0 spiro atoms. The highest BCUT2D eigenvalue weighted by atomic mass is 19.4. The van der Waals surface area contributed by atoms with Crippen LogP contribution in [0.15, 0.2) is 72.8 Å². The Kier molecular flexibility index (Phi) is 9.97. The van der Waals surface area contributed by atoms with E-state index >= 15 is 4.39 Å². The molecular formula is C37H37F4N3O2. The maximum Gasteiger partial charge on any atom is 0.418 e. The van der Waals surface area contributed by atoms with E-state index in [0.29, 0.717) is 40.8 Å². The van der Waals surface area contributed by atoms with Gasteiger partial charge < -0.3 is 14.6 Å². The third-order valence-corrected chi connectivity index (χ3v) is 8.48. The van der Waals surface area contributed by atoms with E-state index in [9.17, 15) is 23.2 Å². The number of halogens is 4. The van der Waals surface area contributed by atoms with Gasteiger partial charge in [0.2, 0.25) is 0 Å². The predicted octanol–water partition coefficient (Wildman–Crippen LogP) is 9.43. The Bertz CT molecular complexity index is 1750. The van der Waals surface area contributed by atoms with E-state index in [-0.39, 0.29) is 23.5 Å². The Morgan fingerprint density at radius 1 is 1.04 bits per heavy atom. The summed E-state index contributed by atoms with van der Waals surface area (Å²) in [6, 6.07) is 21.2. The number of rotatable bonds is 12. The van der Waals surface area contributed by atoms with Crippen molar-refractivity contribution in [3.63, 3.8) is 0 Å². The summed E-state index contributed by atoms with van der Waals surface area (Å²) in [5.74, 6) is -0.832. The number of anilines is 1. The van der Waals surface area contributed by atoms with Crippen LogP contribution in [0.2, 0.25) is 0 Å². The molecule has 1 saturated carbocycles. The van der Waals surface area contributed by atoms with Gasteiger partial charge in [0, 0.05) is 11.4 Å². The van der Waals surface area contributed by atoms with Crippen molar-refractivity contribution in [3.8, 4) is 11.8 Å². The summed E-state index contributed by atoms with van der Waals surface area (Å²) < 4.78 is 65.6. The van der Waals surface area contributed by atoms with Crippen LogP contribution in [0.3, 0.4) is 0 Å². The molecule has 0 radical (unpaired) electrons. The minimum Gasteiger partial charge on any atom is -0.368 e. The Morgan fingerprint density at radius 3 is 2.46 bits per heavy atom. The van der Waals surface area contributed by atoms with Crippen molar-refractivity contribution in [2.75, 3.05) is 11.9 Å². The van der Waals surface area contributed by atoms with Crippen LogP contribution in [0.5, 0.6) is 0 Å². The summed E-state index contributed by atoms with van der Waals surface area (Å²) >= 11 is 0. The third kappa shape index (κ3) is 7.51. The topological polar surface area (TPSA) is 67.0 Å². The van der Waals surface area contributed by atoms with Gasteiger partial charge in [0.15, 0.2) is 0 Å². The number of nitrogens with one attached hydrogen (secondary N) is 1. The first kappa shape index (κ1) is 33.0. The number of aromatic nitrogens is 1. The average Bonchev–Trinajstić information content (AvgIpc) is 3.78. The number of nitrogens with zero attached hydrogens (tertiary/aromatic N) is 2. The van der Waals surface area contributed by atoms with E-state index in [1.807, 2.05) is 12.1 Å². The molecule has 1 fully saturated rings. The summed E-state index contributed by atoms with van der Waals surface area (Å²) in [6.07, 6.45) is -1.55. The van der Waals surface area contributed by atoms with Crippen molar-refractivity contribution in [3.05, 3.63) is 118 Å². The number of hydrogen-bond donors (Lipinski definition) is 1. The van der Waals surface area contributed by atoms with Gasteiger partial charge in [0.1, 0.15) is 17.6 Å². The molecule has 1 heterocycles. The average molecular weight is 632 g/mol. The van der Waals surface area contributed by atoms with Gasteiger partial charge >= 0.3 is 6.18 Å². The minimum absolute atomic E-state index is 0.0172. The lowest BCUT2D eigenvalue weighted by Crippen LogP contribution is -2.19. The Hall–Kier alpha value is -4.42. The zero-order valence-corrected chi connectivity index (χ0v) is 26.1. The maximum absolute atomic E-state index is 15.2. The lowest BCUT2D eigenvalue weighted by atomic mass is 9.98. The largest absolute Gasteiger partial charge is 0.418 e. The molecule has 1 N–H and O–H groups in total. The van der Waals surface area contributed by atoms with Gasteiger partial charge in [-0.1, -0.05) is 57.5 Å². The van der Waals surface area contributed by atoms with Gasteiger partial charge in [-0.3, -0.25) is 4.79 Å². The first-order chi connectivity index (χ1) is 22.0. The first-order valence-corrected chi connectivity index (χ1v) is 15.7. The van der Waals surface area contributed by atoms with E-state index in [0.717, 1.165) is 37.3 Å². The quantitative estimate of drug-likeness (QED) is 0.158. The Labute approximate surface area is 266 Å². The third-order valence-electron chi connectivity index (χ3n) is 8.48. The molecule has 2 unspecified atom stereocenters. The molecular weight excluding hydrogens is 594 g/mol. The lowest BCUT2D eigenvalue weighted by molar-refractivity contribution is -0.138. The molecule has 5 nitrogen and oxygen atoms in total. The van der Waals surface area contributed by atoms with Crippen molar-refractivity contribution in [2.24, 2.45) is 11.8 Å². The highest BCUT2D eigenvalue weighted by Gasteiger charge is 2.38. The van der Waals surface area contributed by atoms with Crippen LogP contribution in [-0.2, 0) is 23.8 Å². The van der Waals surface area contributed by atoms with Crippen molar-refractivity contribution in [1.29, 1.82) is 5.26 Å². The van der Waals surface area contributed by atoms with E-state index in [1.165, 1.54) is 16.7 Å². The van der Waals surface area contributed by atoms with Crippen LogP contribution >= 0.6 is 0 Å². The van der Waals surface area contributed by atoms with Crippen LogP contribution < -0.4 is 5.32 Å². The Balaban J connectivity index is 1.54. The summed E-state index contributed by atoms with van der Waals surface area (Å²) in [5.41, 5.74) is 1.63. The van der Waals surface area contributed by atoms with Gasteiger partial charge in [-0.05, 0) is 96.7 Å². The van der Waals surface area contributed by atoms with Gasteiger partial charge in [-0.25, -0.2) is 4.39 Å². The molecule has 0 saturated heterocycles. The van der Waals surface area contributed by atoms with Crippen LogP contribution in [0, 0.1) is 29.0 Å². The number of amides is 1. The predicted molar refractivity (Wildman–Crippen MR) is 169 cm³/mol. The monoisotopic (exact) mass is 631 g/mol. The van der Waals surface area contributed by atoms with Crippen LogP contribution in [0.1, 0.15) is 90.1 Å². The summed E-state index contributed by atoms with van der Waals surface area (Å²) in [7, 11) is 0. The number of nitriles is 1. The maximum atomic E-state index is 15.2. The highest BCUT2D eigenvalue weighted by molar-refractivity contribution is 6.04. The molecule has 4 aromatic rings. The molecule has 240 valence electrons. The molecule has 1 amide bonds. The van der Waals surface area contributed by atoms with Crippen LogP contribution in [0.4, 0.5) is 23.2 Å². The zero-order valence-electron chi connectivity index (χ0n) is 26.1. The summed E-state index contributed by atoms with van der Waals surface area (Å²) in [5, 5.41) is 12.0. The molecule has 5 rings (SSSR count). The van der Waals surface area contributed by atoms with Crippen LogP contribution in [0.25, 0.3) is 5.69 Å². The molecule has 9 heteroatoms. The van der Waals surface area contributed by atoms with E-state index in [4.69, 9.17) is 4.74 Å². The smallest absolute Gasteiger partial charge is 0.368 e. The number of ether oxygens (including phenoxy) is 1. The number of carbonyl (C=O) groups excluding carboxylic acids is 1. The molecule has 0 bridgehead atoms. The molecule has 3 aromatic carbocycles. The highest BCUT2D eigenvalue weighted by Crippen LogP contribution is 2.38. The van der Waals surface area contributed by atoms with Gasteiger partial charge in [0.25, 0.3) is 5.91 Å². The van der Waals surface area contributed by atoms with E-state index in [1.54, 1.807) is 49.4 Å². The Morgan fingerprint density at radius 2 is 1.78 bits per heavy atom. The second-order valence-electron chi connectivity index (χ2n) is 12.1. The zero-order chi connectivity index (χ0) is 33.0. The molecule has 1 aliphatic carbocycles. The summed E-state index contributed by atoms with van der Waals surface area (Å²) in [4.78, 5) is 13.8. The van der Waals surface area contributed by atoms with Crippen molar-refractivity contribution >= 4 is 11.6 Å². The minimum atomic E-state index is -4.70. The van der Waals surface area contributed by atoms with Gasteiger partial charge in [-0.2, -0.15) is 18.4 Å². The number of benzene rings is 3. The molecule has 0 aliphatic heterocycles. The van der Waals surface area contributed by atoms with Crippen LogP contribution in [-0.4, -0.2) is 17.1 Å². The van der Waals surface area contributed by atoms with Gasteiger partial charge in [-0.15, -0.1) is 0 Å². The lowest BCUT2D eigenvalue weighted by Gasteiger charge is -2.20. The number of alkyl halides is 3. The number of hydrogen-bond acceptors (Lipinski definition) is 3. The number of carbonyl (C=O) groups is 1. The van der Waals surface area contributed by atoms with Crippen molar-refractivity contribution in [1.82, 2.24) is 4.57 Å². The van der Waals surface area contributed by atoms with E-state index in [2.05, 4.69) is 25.2 Å². The van der Waals surface area contributed by atoms with E-state index < -0.39 is 29.6 Å². The second-order valence-corrected chi connectivity index (χ2v) is 12.1. The van der Waals surface area contributed by atoms with Gasteiger partial charge in [0.05, 0.1) is 29.5 Å². The fourth-order valence-corrected chi connectivity index (χ4v) is 5.64. The second kappa shape index (κ2) is 13.9. The molecule has 46 heavy (non-hydrogen) atoms. The first-order valence-electron chi connectivity index (χ1n) is 15.7. The molecule has 1 aromatic heterocycles. The molecule has 1 aliphatic rings. The standard InChI is InChI=1S/C37H37F4N3O2/c1-4-23(3)16-25-8-7-11-29(18-25)44-33(5-2)30(37(39,40)41)20-34(44)36(45)43-32-19-28(14-15-31(32)38)35(46-22-24-12-13-24)27-10-6-9-26(17-27)21-42/h6-11,14-15,17-20,23-24,35H,4-5,12-13,16,22H2,1-3H3,(H,43,45). The fraction of sp³-hybridized carbons (Fsp3) is 0.351. The fourth-order valence-electron chi connectivity index (χ4n) is 5.64. The summed E-state index contributed by atoms with van der Waals surface area (Å²) in [6.45, 7) is 6.26. The SMILES string of the molecule is CCc1c(C(F)(F)F)cc(C(=O)Nc2cc(C(OCC3CC3)c3cccc(C#N)c3)ccc2F)n1-c1cccc(CC(C)CC)c1. The van der Waals surface area contributed by atoms with Crippen molar-refractivity contribution < 1.29 is 27.1 Å². The van der Waals surface area contributed by atoms with Crippen molar-refractivity contribution in [2.45, 2.75) is 65.2 Å². The normalized spacial score (nSPS) is 14.5.